The maximum atomic E-state index is 11.8. The third kappa shape index (κ3) is 2.78. The molecule has 1 aliphatic rings. The summed E-state index contributed by atoms with van der Waals surface area (Å²) in [6, 6.07) is 3.66. The fourth-order valence-corrected chi connectivity index (χ4v) is 3.29. The van der Waals surface area contributed by atoms with E-state index in [4.69, 9.17) is 0 Å². The molecule has 3 heterocycles. The Balaban J connectivity index is 1.54. The lowest BCUT2D eigenvalue weighted by molar-refractivity contribution is 0.0954. The monoisotopic (exact) mass is 295 g/mol. The molecule has 0 unspecified atom stereocenters. The van der Waals surface area contributed by atoms with Crippen molar-refractivity contribution in [3.8, 4) is 0 Å². The van der Waals surface area contributed by atoms with Crippen LogP contribution in [0.4, 0.5) is 5.13 Å². The Bertz CT molecular complexity index is 561. The number of aliphatic hydroxyl groups is 1. The fraction of sp³-hybridized carbons (Fsp3) is 0.333. The second-order valence-corrected chi connectivity index (χ2v) is 6.12. The van der Waals surface area contributed by atoms with Crippen molar-refractivity contribution in [2.75, 3.05) is 18.0 Å². The second-order valence-electron chi connectivity index (χ2n) is 4.34. The van der Waals surface area contributed by atoms with E-state index in [0.29, 0.717) is 24.5 Å². The number of thiophene rings is 1. The van der Waals surface area contributed by atoms with Gasteiger partial charge in [-0.05, 0) is 11.4 Å². The van der Waals surface area contributed by atoms with Crippen LogP contribution in [0.1, 0.15) is 15.4 Å². The van der Waals surface area contributed by atoms with Crippen LogP contribution >= 0.6 is 22.7 Å². The molecule has 1 fully saturated rings. The van der Waals surface area contributed by atoms with Crippen molar-refractivity contribution in [3.05, 3.63) is 33.5 Å². The van der Waals surface area contributed by atoms with E-state index in [1.807, 2.05) is 21.7 Å². The third-order valence-corrected chi connectivity index (χ3v) is 4.67. The Morgan fingerprint density at radius 3 is 3.05 bits per heavy atom. The number of nitrogens with one attached hydrogen (secondary N) is 1. The first-order chi connectivity index (χ1) is 9.22. The predicted molar refractivity (Wildman–Crippen MR) is 75.8 cm³/mol. The minimum absolute atomic E-state index is 0.0658. The maximum Gasteiger partial charge on any atom is 0.261 e. The molecule has 0 aliphatic carbocycles. The van der Waals surface area contributed by atoms with E-state index in [0.717, 1.165) is 10.8 Å². The zero-order valence-electron chi connectivity index (χ0n) is 10.1. The molecule has 7 heteroatoms. The van der Waals surface area contributed by atoms with Crippen LogP contribution in [-0.4, -0.2) is 35.2 Å². The van der Waals surface area contributed by atoms with Gasteiger partial charge in [0.1, 0.15) is 0 Å². The lowest BCUT2D eigenvalue weighted by atomic mass is 10.2. The lowest BCUT2D eigenvalue weighted by Gasteiger charge is -2.35. The zero-order chi connectivity index (χ0) is 13.2. The van der Waals surface area contributed by atoms with Crippen LogP contribution < -0.4 is 10.2 Å². The molecule has 1 aliphatic heterocycles. The first-order valence-electron chi connectivity index (χ1n) is 5.91. The van der Waals surface area contributed by atoms with Crippen molar-refractivity contribution >= 4 is 33.7 Å². The first kappa shape index (κ1) is 12.6. The Hall–Kier alpha value is -1.44. The Labute approximate surface area is 118 Å². The second kappa shape index (κ2) is 5.28. The number of hydrogen-bond acceptors (Lipinski definition) is 6. The Morgan fingerprint density at radius 2 is 2.37 bits per heavy atom. The van der Waals surface area contributed by atoms with Crippen LogP contribution in [0.5, 0.6) is 0 Å². The number of rotatable bonds is 4. The van der Waals surface area contributed by atoms with E-state index in [1.54, 1.807) is 6.07 Å². The largest absolute Gasteiger partial charge is 0.389 e. The van der Waals surface area contributed by atoms with Crippen LogP contribution in [0.15, 0.2) is 22.9 Å². The van der Waals surface area contributed by atoms with Crippen molar-refractivity contribution in [1.82, 2.24) is 10.3 Å². The number of carbonyl (C=O) groups is 1. The summed E-state index contributed by atoms with van der Waals surface area (Å²) in [5.74, 6) is -0.0658. The highest BCUT2D eigenvalue weighted by molar-refractivity contribution is 7.13. The van der Waals surface area contributed by atoms with Gasteiger partial charge in [-0.25, -0.2) is 4.98 Å². The maximum absolute atomic E-state index is 11.8. The number of aromatic nitrogens is 1. The van der Waals surface area contributed by atoms with Gasteiger partial charge < -0.3 is 15.3 Å². The summed E-state index contributed by atoms with van der Waals surface area (Å²) in [5, 5.41) is 16.8. The van der Waals surface area contributed by atoms with E-state index >= 15 is 0 Å². The van der Waals surface area contributed by atoms with Crippen LogP contribution in [0, 0.1) is 0 Å². The molecule has 0 radical (unpaired) electrons. The molecule has 19 heavy (non-hydrogen) atoms. The number of thiazole rings is 1. The molecule has 5 nitrogen and oxygen atoms in total. The molecule has 0 atom stereocenters. The highest BCUT2D eigenvalue weighted by Gasteiger charge is 2.26. The third-order valence-electron chi connectivity index (χ3n) is 2.85. The van der Waals surface area contributed by atoms with E-state index in [2.05, 4.69) is 10.3 Å². The quantitative estimate of drug-likeness (QED) is 0.893. The van der Waals surface area contributed by atoms with Crippen LogP contribution in [0.2, 0.25) is 0 Å². The van der Waals surface area contributed by atoms with Gasteiger partial charge in [-0.1, -0.05) is 6.07 Å². The Morgan fingerprint density at radius 1 is 1.53 bits per heavy atom. The summed E-state index contributed by atoms with van der Waals surface area (Å²) in [6.07, 6.45) is -0.231. The predicted octanol–water partition coefficient (Wildman–Crippen LogP) is 1.32. The van der Waals surface area contributed by atoms with Gasteiger partial charge in [-0.2, -0.15) is 0 Å². The van der Waals surface area contributed by atoms with Gasteiger partial charge in [-0.3, -0.25) is 4.79 Å². The molecular formula is C12H13N3O2S2. The SMILES string of the molecule is O=C(NCc1csc(N2CC(O)C2)n1)c1cccs1. The van der Waals surface area contributed by atoms with Crippen molar-refractivity contribution < 1.29 is 9.90 Å². The van der Waals surface area contributed by atoms with Crippen molar-refractivity contribution in [2.24, 2.45) is 0 Å². The summed E-state index contributed by atoms with van der Waals surface area (Å²) < 4.78 is 0. The van der Waals surface area contributed by atoms with Gasteiger partial charge in [0.25, 0.3) is 5.91 Å². The van der Waals surface area contributed by atoms with E-state index in [9.17, 15) is 9.90 Å². The summed E-state index contributed by atoms with van der Waals surface area (Å²) in [6.45, 7) is 1.73. The van der Waals surface area contributed by atoms with Crippen molar-refractivity contribution in [2.45, 2.75) is 12.6 Å². The van der Waals surface area contributed by atoms with Gasteiger partial charge in [0.15, 0.2) is 5.13 Å². The van der Waals surface area contributed by atoms with Gasteiger partial charge >= 0.3 is 0 Å². The smallest absolute Gasteiger partial charge is 0.261 e. The minimum Gasteiger partial charge on any atom is -0.389 e. The lowest BCUT2D eigenvalue weighted by Crippen LogP contribution is -2.50. The Kier molecular flexibility index (Phi) is 3.50. The molecule has 0 bridgehead atoms. The number of amides is 1. The average molecular weight is 295 g/mol. The summed E-state index contributed by atoms with van der Waals surface area (Å²) in [7, 11) is 0. The first-order valence-corrected chi connectivity index (χ1v) is 7.67. The number of nitrogens with zero attached hydrogens (tertiary/aromatic N) is 2. The van der Waals surface area contributed by atoms with Gasteiger partial charge in [-0.15, -0.1) is 22.7 Å². The minimum atomic E-state index is -0.231. The molecule has 100 valence electrons. The molecular weight excluding hydrogens is 282 g/mol. The summed E-state index contributed by atoms with van der Waals surface area (Å²) in [5.41, 5.74) is 0.853. The number of anilines is 1. The van der Waals surface area contributed by atoms with Crippen LogP contribution in [0.25, 0.3) is 0 Å². The topological polar surface area (TPSA) is 65.5 Å². The van der Waals surface area contributed by atoms with Crippen LogP contribution in [-0.2, 0) is 6.54 Å². The van der Waals surface area contributed by atoms with Gasteiger partial charge in [0.2, 0.25) is 0 Å². The van der Waals surface area contributed by atoms with E-state index in [-0.39, 0.29) is 12.0 Å². The molecule has 3 rings (SSSR count). The number of hydrogen-bond donors (Lipinski definition) is 2. The van der Waals surface area contributed by atoms with Crippen molar-refractivity contribution in [1.29, 1.82) is 0 Å². The van der Waals surface area contributed by atoms with Gasteiger partial charge in [0.05, 0.1) is 23.2 Å². The highest BCUT2D eigenvalue weighted by Crippen LogP contribution is 2.25. The zero-order valence-corrected chi connectivity index (χ0v) is 11.7. The molecule has 0 spiro atoms. The average Bonchev–Trinajstić information content (AvgIpc) is 3.03. The molecule has 1 amide bonds. The number of β-amino-alcohol motifs (C(OH)–C–C–N with tert-alkyl or cyclic N) is 1. The molecule has 0 saturated carbocycles. The van der Waals surface area contributed by atoms with Gasteiger partial charge in [0, 0.05) is 18.5 Å². The molecule has 0 aromatic carbocycles. The summed E-state index contributed by atoms with van der Waals surface area (Å²) >= 11 is 2.96. The molecule has 2 aromatic rings. The summed E-state index contributed by atoms with van der Waals surface area (Å²) in [4.78, 5) is 18.9. The number of carbonyl (C=O) groups excluding carboxylic acids is 1. The number of aliphatic hydroxyl groups excluding tert-OH is 1. The van der Waals surface area contributed by atoms with E-state index < -0.39 is 0 Å². The standard InChI is InChI=1S/C12H13N3O2S2/c16-9-5-15(6-9)12-14-8(7-19-12)4-13-11(17)10-2-1-3-18-10/h1-3,7,9,16H,4-6H2,(H,13,17). The molecule has 2 N–H and O–H groups in total. The van der Waals surface area contributed by atoms with E-state index in [1.165, 1.54) is 22.7 Å². The molecule has 2 aromatic heterocycles. The fourth-order valence-electron chi connectivity index (χ4n) is 1.80. The van der Waals surface area contributed by atoms with Crippen molar-refractivity contribution in [3.63, 3.8) is 0 Å². The normalized spacial score (nSPS) is 15.3. The molecule has 1 saturated heterocycles. The highest BCUT2D eigenvalue weighted by atomic mass is 32.1. The van der Waals surface area contributed by atoms with Crippen LogP contribution in [0.3, 0.4) is 0 Å².